The zero-order chi connectivity index (χ0) is 14.4. The van der Waals surface area contributed by atoms with E-state index in [9.17, 15) is 0 Å². The third-order valence-corrected chi connectivity index (χ3v) is 4.00. The molecule has 0 saturated heterocycles. The standard InChI is InChI=1S/C16H25NO3/c1-18-13-8-14(19-2)10-15(9-13)20-16-7-5-3-4-6-12(16)11-17/h8-10,12,16H,3-7,11,17H2,1-2H3. The fourth-order valence-electron chi connectivity index (χ4n) is 2.80. The van der Waals surface area contributed by atoms with E-state index in [1.165, 1.54) is 19.3 Å². The van der Waals surface area contributed by atoms with Crippen LogP contribution in [0.3, 0.4) is 0 Å². The van der Waals surface area contributed by atoms with Gasteiger partial charge in [-0.25, -0.2) is 0 Å². The molecule has 2 N–H and O–H groups in total. The molecule has 1 aliphatic carbocycles. The second kappa shape index (κ2) is 7.39. The Kier molecular flexibility index (Phi) is 5.53. The summed E-state index contributed by atoms with van der Waals surface area (Å²) >= 11 is 0. The molecule has 112 valence electrons. The smallest absolute Gasteiger partial charge is 0.127 e. The highest BCUT2D eigenvalue weighted by molar-refractivity contribution is 5.42. The zero-order valence-corrected chi connectivity index (χ0v) is 12.4. The maximum absolute atomic E-state index is 6.18. The lowest BCUT2D eigenvalue weighted by Crippen LogP contribution is -2.31. The lowest BCUT2D eigenvalue weighted by atomic mass is 9.97. The Bertz CT molecular complexity index is 400. The maximum atomic E-state index is 6.18. The number of methoxy groups -OCH3 is 2. The molecule has 0 aromatic heterocycles. The van der Waals surface area contributed by atoms with Crippen molar-refractivity contribution in [1.82, 2.24) is 0 Å². The van der Waals surface area contributed by atoms with Crippen LogP contribution in [0.1, 0.15) is 32.1 Å². The fourth-order valence-corrected chi connectivity index (χ4v) is 2.80. The van der Waals surface area contributed by atoms with Crippen LogP contribution in [-0.4, -0.2) is 26.9 Å². The largest absolute Gasteiger partial charge is 0.496 e. The van der Waals surface area contributed by atoms with Gasteiger partial charge in [0, 0.05) is 24.1 Å². The predicted molar refractivity (Wildman–Crippen MR) is 79.6 cm³/mol. The molecule has 0 amide bonds. The molecule has 0 radical (unpaired) electrons. The minimum Gasteiger partial charge on any atom is -0.496 e. The first-order valence-corrected chi connectivity index (χ1v) is 7.36. The van der Waals surface area contributed by atoms with Crippen LogP contribution >= 0.6 is 0 Å². The van der Waals surface area contributed by atoms with Crippen LogP contribution in [0.5, 0.6) is 17.2 Å². The van der Waals surface area contributed by atoms with Gasteiger partial charge in [-0.2, -0.15) is 0 Å². The van der Waals surface area contributed by atoms with Gasteiger partial charge in [-0.05, 0) is 25.8 Å². The first kappa shape index (κ1) is 15.0. The summed E-state index contributed by atoms with van der Waals surface area (Å²) in [7, 11) is 3.29. The summed E-state index contributed by atoms with van der Waals surface area (Å²) in [5.74, 6) is 2.73. The van der Waals surface area contributed by atoms with Crippen molar-refractivity contribution >= 4 is 0 Å². The number of rotatable bonds is 5. The highest BCUT2D eigenvalue weighted by Gasteiger charge is 2.24. The Labute approximate surface area is 121 Å². The van der Waals surface area contributed by atoms with Gasteiger partial charge in [0.2, 0.25) is 0 Å². The average molecular weight is 279 g/mol. The van der Waals surface area contributed by atoms with E-state index in [0.29, 0.717) is 12.5 Å². The van der Waals surface area contributed by atoms with Crippen LogP contribution in [-0.2, 0) is 0 Å². The monoisotopic (exact) mass is 279 g/mol. The number of hydrogen-bond donors (Lipinski definition) is 1. The maximum Gasteiger partial charge on any atom is 0.127 e. The summed E-state index contributed by atoms with van der Waals surface area (Å²) in [6, 6.07) is 5.66. The Morgan fingerprint density at radius 1 is 0.950 bits per heavy atom. The molecule has 0 heterocycles. The highest BCUT2D eigenvalue weighted by Crippen LogP contribution is 2.31. The van der Waals surface area contributed by atoms with Gasteiger partial charge in [-0.1, -0.05) is 12.8 Å². The summed E-state index contributed by atoms with van der Waals surface area (Å²) in [5, 5.41) is 0. The fraction of sp³-hybridized carbons (Fsp3) is 0.625. The summed E-state index contributed by atoms with van der Waals surface area (Å²) in [4.78, 5) is 0. The van der Waals surface area contributed by atoms with Crippen molar-refractivity contribution in [3.63, 3.8) is 0 Å². The molecule has 1 aromatic rings. The quantitative estimate of drug-likeness (QED) is 0.842. The van der Waals surface area contributed by atoms with Crippen LogP contribution in [0.15, 0.2) is 18.2 Å². The molecule has 2 unspecified atom stereocenters. The number of hydrogen-bond acceptors (Lipinski definition) is 4. The second-order valence-corrected chi connectivity index (χ2v) is 5.34. The minimum absolute atomic E-state index is 0.194. The summed E-state index contributed by atoms with van der Waals surface area (Å²) < 4.78 is 16.7. The van der Waals surface area contributed by atoms with Gasteiger partial charge in [-0.15, -0.1) is 0 Å². The minimum atomic E-state index is 0.194. The van der Waals surface area contributed by atoms with Gasteiger partial charge in [-0.3, -0.25) is 0 Å². The molecule has 2 atom stereocenters. The van der Waals surface area contributed by atoms with Crippen LogP contribution in [0.25, 0.3) is 0 Å². The van der Waals surface area contributed by atoms with Gasteiger partial charge >= 0.3 is 0 Å². The molecular weight excluding hydrogens is 254 g/mol. The van der Waals surface area contributed by atoms with Gasteiger partial charge in [0.15, 0.2) is 0 Å². The van der Waals surface area contributed by atoms with E-state index in [-0.39, 0.29) is 6.10 Å². The lowest BCUT2D eigenvalue weighted by Gasteiger charge is -2.25. The van der Waals surface area contributed by atoms with E-state index >= 15 is 0 Å². The van der Waals surface area contributed by atoms with E-state index in [1.807, 2.05) is 18.2 Å². The summed E-state index contributed by atoms with van der Waals surface area (Å²) in [6.45, 7) is 0.686. The molecule has 1 fully saturated rings. The first-order chi connectivity index (χ1) is 9.76. The molecule has 4 nitrogen and oxygen atoms in total. The van der Waals surface area contributed by atoms with E-state index in [2.05, 4.69) is 0 Å². The first-order valence-electron chi connectivity index (χ1n) is 7.36. The van der Waals surface area contributed by atoms with Crippen molar-refractivity contribution in [1.29, 1.82) is 0 Å². The zero-order valence-electron chi connectivity index (χ0n) is 12.4. The van der Waals surface area contributed by atoms with Crippen molar-refractivity contribution in [3.05, 3.63) is 18.2 Å². The SMILES string of the molecule is COc1cc(OC)cc(OC2CCCCCC2CN)c1. The Hall–Kier alpha value is -1.42. The number of ether oxygens (including phenoxy) is 3. The van der Waals surface area contributed by atoms with Crippen LogP contribution in [0, 0.1) is 5.92 Å². The van der Waals surface area contributed by atoms with E-state index in [1.54, 1.807) is 14.2 Å². The van der Waals surface area contributed by atoms with E-state index in [0.717, 1.165) is 30.1 Å². The molecule has 4 heteroatoms. The average Bonchev–Trinajstić information content (AvgIpc) is 2.71. The van der Waals surface area contributed by atoms with E-state index in [4.69, 9.17) is 19.9 Å². The van der Waals surface area contributed by atoms with Gasteiger partial charge in [0.25, 0.3) is 0 Å². The van der Waals surface area contributed by atoms with Gasteiger partial charge < -0.3 is 19.9 Å². The van der Waals surface area contributed by atoms with Crippen LogP contribution < -0.4 is 19.9 Å². The summed E-state index contributed by atoms with van der Waals surface area (Å²) in [6.07, 6.45) is 6.16. The number of benzene rings is 1. The third-order valence-electron chi connectivity index (χ3n) is 4.00. The van der Waals surface area contributed by atoms with Crippen molar-refractivity contribution < 1.29 is 14.2 Å². The van der Waals surface area contributed by atoms with Gasteiger partial charge in [0.05, 0.1) is 14.2 Å². The Balaban J connectivity index is 2.14. The van der Waals surface area contributed by atoms with Crippen LogP contribution in [0.4, 0.5) is 0 Å². The van der Waals surface area contributed by atoms with Crippen LogP contribution in [0.2, 0.25) is 0 Å². The van der Waals surface area contributed by atoms with Crippen molar-refractivity contribution in [3.8, 4) is 17.2 Å². The van der Waals surface area contributed by atoms with Gasteiger partial charge in [0.1, 0.15) is 23.4 Å². The van der Waals surface area contributed by atoms with Crippen molar-refractivity contribution in [2.75, 3.05) is 20.8 Å². The molecule has 1 aromatic carbocycles. The molecule has 20 heavy (non-hydrogen) atoms. The molecule has 1 saturated carbocycles. The Morgan fingerprint density at radius 3 is 2.15 bits per heavy atom. The number of nitrogens with two attached hydrogens (primary N) is 1. The summed E-state index contributed by atoms with van der Waals surface area (Å²) in [5.41, 5.74) is 5.90. The van der Waals surface area contributed by atoms with Crippen molar-refractivity contribution in [2.24, 2.45) is 11.7 Å². The lowest BCUT2D eigenvalue weighted by molar-refractivity contribution is 0.129. The molecular formula is C16H25NO3. The van der Waals surface area contributed by atoms with E-state index < -0.39 is 0 Å². The van der Waals surface area contributed by atoms with Crippen molar-refractivity contribution in [2.45, 2.75) is 38.2 Å². The topological polar surface area (TPSA) is 53.7 Å². The third kappa shape index (κ3) is 3.79. The second-order valence-electron chi connectivity index (χ2n) is 5.34. The Morgan fingerprint density at radius 2 is 1.55 bits per heavy atom. The molecule has 0 spiro atoms. The molecule has 0 aliphatic heterocycles. The normalized spacial score (nSPS) is 22.9. The molecule has 0 bridgehead atoms. The molecule has 1 aliphatic rings. The highest BCUT2D eigenvalue weighted by atomic mass is 16.5. The predicted octanol–water partition coefficient (Wildman–Crippen LogP) is 2.99. The molecule has 2 rings (SSSR count).